The summed E-state index contributed by atoms with van der Waals surface area (Å²) in [7, 11) is 3.06. The Bertz CT molecular complexity index is 333. The lowest BCUT2D eigenvalue weighted by Gasteiger charge is -2.23. The van der Waals surface area contributed by atoms with E-state index in [1.165, 1.54) is 14.0 Å². The van der Waals surface area contributed by atoms with Crippen molar-refractivity contribution in [3.8, 4) is 11.5 Å². The van der Waals surface area contributed by atoms with Gasteiger partial charge in [-0.1, -0.05) is 0 Å². The van der Waals surface area contributed by atoms with E-state index in [0.717, 1.165) is 0 Å². The van der Waals surface area contributed by atoms with Gasteiger partial charge in [-0.05, 0) is 19.1 Å². The van der Waals surface area contributed by atoms with Crippen LogP contribution in [0.5, 0.6) is 11.5 Å². The molecule has 1 atom stereocenters. The van der Waals surface area contributed by atoms with Gasteiger partial charge in [-0.25, -0.2) is 0 Å². The Morgan fingerprint density at radius 2 is 1.93 bits per heavy atom. The highest BCUT2D eigenvalue weighted by Gasteiger charge is 2.26. The van der Waals surface area contributed by atoms with Crippen LogP contribution in [-0.2, 0) is 5.60 Å². The summed E-state index contributed by atoms with van der Waals surface area (Å²) in [4.78, 5) is 0. The second-order valence-corrected chi connectivity index (χ2v) is 3.50. The van der Waals surface area contributed by atoms with Crippen molar-refractivity contribution >= 4 is 0 Å². The molecule has 0 radical (unpaired) electrons. The summed E-state index contributed by atoms with van der Waals surface area (Å²) in [6.45, 7) is 1.16. The molecule has 0 heterocycles. The van der Waals surface area contributed by atoms with Gasteiger partial charge >= 0.3 is 0 Å². The smallest absolute Gasteiger partial charge is 0.128 e. The van der Waals surface area contributed by atoms with E-state index < -0.39 is 5.60 Å². The van der Waals surface area contributed by atoms with Crippen molar-refractivity contribution in [3.05, 3.63) is 23.8 Å². The Morgan fingerprint density at radius 1 is 1.27 bits per heavy atom. The Labute approximate surface area is 89.1 Å². The zero-order valence-electron chi connectivity index (χ0n) is 9.15. The molecular formula is C11H16O4. The lowest BCUT2D eigenvalue weighted by molar-refractivity contribution is -0.00406. The lowest BCUT2D eigenvalue weighted by Crippen LogP contribution is -2.26. The molecule has 0 aliphatic rings. The van der Waals surface area contributed by atoms with E-state index in [2.05, 4.69) is 0 Å². The molecule has 1 rings (SSSR count). The molecule has 1 unspecified atom stereocenters. The standard InChI is InChI=1S/C11H16O4/c1-11(13,7-12)9-5-4-8(14-2)6-10(9)15-3/h4-6,12-13H,7H2,1-3H3. The molecule has 1 aromatic carbocycles. The monoisotopic (exact) mass is 212 g/mol. The van der Waals surface area contributed by atoms with Gasteiger partial charge in [-0.15, -0.1) is 0 Å². The van der Waals surface area contributed by atoms with Crippen LogP contribution in [0.15, 0.2) is 18.2 Å². The van der Waals surface area contributed by atoms with Gasteiger partial charge in [0.05, 0.1) is 20.8 Å². The van der Waals surface area contributed by atoms with Gasteiger partial charge < -0.3 is 19.7 Å². The summed E-state index contributed by atoms with van der Waals surface area (Å²) in [5, 5.41) is 19.0. The summed E-state index contributed by atoms with van der Waals surface area (Å²) < 4.78 is 10.2. The lowest BCUT2D eigenvalue weighted by atomic mass is 9.96. The predicted molar refractivity (Wildman–Crippen MR) is 56.2 cm³/mol. The number of aliphatic hydroxyl groups excluding tert-OH is 1. The molecule has 0 saturated heterocycles. The van der Waals surface area contributed by atoms with Crippen LogP contribution in [0, 0.1) is 0 Å². The molecule has 0 bridgehead atoms. The van der Waals surface area contributed by atoms with Crippen LogP contribution >= 0.6 is 0 Å². The van der Waals surface area contributed by atoms with Crippen LogP contribution in [-0.4, -0.2) is 31.0 Å². The van der Waals surface area contributed by atoms with E-state index in [1.54, 1.807) is 25.3 Å². The number of aliphatic hydroxyl groups is 2. The van der Waals surface area contributed by atoms with E-state index in [4.69, 9.17) is 14.6 Å². The molecule has 15 heavy (non-hydrogen) atoms. The summed E-state index contributed by atoms with van der Waals surface area (Å²) in [5.74, 6) is 1.14. The Kier molecular flexibility index (Phi) is 3.55. The molecular weight excluding hydrogens is 196 g/mol. The summed E-state index contributed by atoms with van der Waals surface area (Å²) >= 11 is 0. The van der Waals surface area contributed by atoms with Crippen LogP contribution in [0.25, 0.3) is 0 Å². The summed E-state index contributed by atoms with van der Waals surface area (Å²) in [6.07, 6.45) is 0. The Hall–Kier alpha value is -1.26. The van der Waals surface area contributed by atoms with Crippen LogP contribution in [0.1, 0.15) is 12.5 Å². The third kappa shape index (κ3) is 2.40. The topological polar surface area (TPSA) is 58.9 Å². The highest BCUT2D eigenvalue weighted by atomic mass is 16.5. The first kappa shape index (κ1) is 11.8. The first-order valence-corrected chi connectivity index (χ1v) is 4.61. The number of hydrogen-bond donors (Lipinski definition) is 2. The van der Waals surface area contributed by atoms with Gasteiger partial charge in [0.1, 0.15) is 17.1 Å². The zero-order valence-corrected chi connectivity index (χ0v) is 9.15. The van der Waals surface area contributed by atoms with Crippen molar-refractivity contribution in [2.24, 2.45) is 0 Å². The van der Waals surface area contributed by atoms with Crippen molar-refractivity contribution in [1.82, 2.24) is 0 Å². The maximum atomic E-state index is 9.90. The molecule has 0 amide bonds. The molecule has 4 nitrogen and oxygen atoms in total. The van der Waals surface area contributed by atoms with Crippen LogP contribution in [0.3, 0.4) is 0 Å². The third-order valence-corrected chi connectivity index (χ3v) is 2.30. The zero-order chi connectivity index (χ0) is 11.5. The quantitative estimate of drug-likeness (QED) is 0.778. The highest BCUT2D eigenvalue weighted by Crippen LogP contribution is 2.32. The third-order valence-electron chi connectivity index (χ3n) is 2.30. The van der Waals surface area contributed by atoms with Crippen molar-refractivity contribution < 1.29 is 19.7 Å². The average Bonchev–Trinajstić information content (AvgIpc) is 2.28. The van der Waals surface area contributed by atoms with E-state index in [9.17, 15) is 5.11 Å². The number of hydrogen-bond acceptors (Lipinski definition) is 4. The van der Waals surface area contributed by atoms with Crippen LogP contribution in [0.2, 0.25) is 0 Å². The highest BCUT2D eigenvalue weighted by molar-refractivity contribution is 5.43. The van der Waals surface area contributed by atoms with Crippen molar-refractivity contribution in [2.45, 2.75) is 12.5 Å². The largest absolute Gasteiger partial charge is 0.497 e. The second-order valence-electron chi connectivity index (χ2n) is 3.50. The van der Waals surface area contributed by atoms with E-state index in [0.29, 0.717) is 17.1 Å². The average molecular weight is 212 g/mol. The van der Waals surface area contributed by atoms with Gasteiger partial charge in [0.15, 0.2) is 0 Å². The van der Waals surface area contributed by atoms with E-state index in [1.807, 2.05) is 0 Å². The van der Waals surface area contributed by atoms with Gasteiger partial charge in [-0.3, -0.25) is 0 Å². The van der Waals surface area contributed by atoms with Crippen LogP contribution in [0.4, 0.5) is 0 Å². The minimum absolute atomic E-state index is 0.365. The first-order chi connectivity index (χ1) is 7.05. The van der Waals surface area contributed by atoms with Crippen molar-refractivity contribution in [2.75, 3.05) is 20.8 Å². The van der Waals surface area contributed by atoms with Crippen LogP contribution < -0.4 is 9.47 Å². The van der Waals surface area contributed by atoms with E-state index in [-0.39, 0.29) is 6.61 Å². The Balaban J connectivity index is 3.18. The minimum Gasteiger partial charge on any atom is -0.497 e. The summed E-state index contributed by atoms with van der Waals surface area (Å²) in [5.41, 5.74) is -0.772. The molecule has 0 aliphatic carbocycles. The maximum absolute atomic E-state index is 9.90. The molecule has 4 heteroatoms. The van der Waals surface area contributed by atoms with E-state index >= 15 is 0 Å². The molecule has 2 N–H and O–H groups in total. The van der Waals surface area contributed by atoms with Gasteiger partial charge in [0.25, 0.3) is 0 Å². The van der Waals surface area contributed by atoms with Gasteiger partial charge in [-0.2, -0.15) is 0 Å². The maximum Gasteiger partial charge on any atom is 0.128 e. The first-order valence-electron chi connectivity index (χ1n) is 4.61. The molecule has 1 aromatic rings. The van der Waals surface area contributed by atoms with Gasteiger partial charge in [0, 0.05) is 11.6 Å². The molecule has 0 fully saturated rings. The molecule has 0 aromatic heterocycles. The molecule has 84 valence electrons. The number of benzene rings is 1. The molecule has 0 saturated carbocycles. The fourth-order valence-electron chi connectivity index (χ4n) is 1.33. The van der Waals surface area contributed by atoms with Crippen molar-refractivity contribution in [1.29, 1.82) is 0 Å². The SMILES string of the molecule is COc1ccc(C(C)(O)CO)c(OC)c1. The Morgan fingerprint density at radius 3 is 2.40 bits per heavy atom. The number of ether oxygens (including phenoxy) is 2. The van der Waals surface area contributed by atoms with Crippen molar-refractivity contribution in [3.63, 3.8) is 0 Å². The fourth-order valence-corrected chi connectivity index (χ4v) is 1.33. The minimum atomic E-state index is -1.31. The summed E-state index contributed by atoms with van der Waals surface area (Å²) in [6, 6.07) is 5.05. The number of methoxy groups -OCH3 is 2. The fraction of sp³-hybridized carbons (Fsp3) is 0.455. The predicted octanol–water partition coefficient (Wildman–Crippen LogP) is 0.904. The normalized spacial score (nSPS) is 14.5. The number of rotatable bonds is 4. The second kappa shape index (κ2) is 4.51. The molecule has 0 spiro atoms. The van der Waals surface area contributed by atoms with Gasteiger partial charge in [0.2, 0.25) is 0 Å². The molecule has 0 aliphatic heterocycles.